The summed E-state index contributed by atoms with van der Waals surface area (Å²) >= 11 is 0. The zero-order chi connectivity index (χ0) is 39.3. The fourth-order valence-corrected chi connectivity index (χ4v) is 7.34. The van der Waals surface area contributed by atoms with Gasteiger partial charge in [-0.2, -0.15) is 0 Å². The number of hydrogen-bond acceptors (Lipinski definition) is 10. The minimum atomic E-state index is -1.07. The normalized spacial score (nSPS) is 15.3. The number of nitrogens with zero attached hydrogens (tertiary/aromatic N) is 5. The SMILES string of the molecule is CCCCCOC(=O)c1ccc(N2CCN(C(=O)[C@@H](Cc3cc(C)c(O)c(C)c3)OC(=O)N3CCC(N(C=O)CCc4ccccc4NC)CC3)CC2)nc1. The van der Waals surface area contributed by atoms with Gasteiger partial charge in [-0.1, -0.05) is 50.1 Å². The van der Waals surface area contributed by atoms with Crippen molar-refractivity contribution in [1.82, 2.24) is 19.7 Å². The van der Waals surface area contributed by atoms with Gasteiger partial charge in [-0.25, -0.2) is 14.6 Å². The second-order valence-corrected chi connectivity index (χ2v) is 14.4. The number of likely N-dealkylation sites (tertiary alicyclic amines) is 1. The van der Waals surface area contributed by atoms with Gasteiger partial charge in [0.05, 0.1) is 12.2 Å². The summed E-state index contributed by atoms with van der Waals surface area (Å²) in [5.41, 5.74) is 4.72. The Balaban J connectivity index is 1.18. The van der Waals surface area contributed by atoms with Crippen molar-refractivity contribution >= 4 is 35.9 Å². The number of piperazine rings is 1. The molecule has 0 spiro atoms. The van der Waals surface area contributed by atoms with Gasteiger partial charge < -0.3 is 39.5 Å². The number of piperidine rings is 1. The third kappa shape index (κ3) is 10.9. The van der Waals surface area contributed by atoms with E-state index in [1.165, 1.54) is 6.20 Å². The Labute approximate surface area is 324 Å². The number of anilines is 2. The number of unbranched alkanes of at least 4 members (excludes halogenated alkanes) is 2. The number of aromatic hydroxyl groups is 1. The average Bonchev–Trinajstić information content (AvgIpc) is 3.21. The number of nitrogens with one attached hydrogen (secondary N) is 1. The van der Waals surface area contributed by atoms with Gasteiger partial charge in [-0.15, -0.1) is 0 Å². The molecule has 2 aromatic carbocycles. The van der Waals surface area contributed by atoms with Crippen LogP contribution in [0.2, 0.25) is 0 Å². The molecule has 3 amide bonds. The van der Waals surface area contributed by atoms with Crippen LogP contribution in [0.25, 0.3) is 0 Å². The lowest BCUT2D eigenvalue weighted by Gasteiger charge is -2.38. The molecule has 296 valence electrons. The second kappa shape index (κ2) is 19.8. The molecule has 0 radical (unpaired) electrons. The summed E-state index contributed by atoms with van der Waals surface area (Å²) in [6.45, 7) is 9.29. The number of phenolic OH excluding ortho intramolecular Hbond substituents is 1. The zero-order valence-electron chi connectivity index (χ0n) is 32.7. The van der Waals surface area contributed by atoms with Gasteiger partial charge in [0.15, 0.2) is 6.10 Å². The van der Waals surface area contributed by atoms with Crippen LogP contribution in [0.5, 0.6) is 5.75 Å². The first kappa shape index (κ1) is 40.8. The molecule has 13 nitrogen and oxygen atoms in total. The Morgan fingerprint density at radius 1 is 0.982 bits per heavy atom. The average molecular weight is 757 g/mol. The second-order valence-electron chi connectivity index (χ2n) is 14.4. The lowest BCUT2D eigenvalue weighted by Crippen LogP contribution is -2.53. The molecule has 2 N–H and O–H groups in total. The van der Waals surface area contributed by atoms with Crippen molar-refractivity contribution in [2.45, 2.75) is 77.9 Å². The van der Waals surface area contributed by atoms with Crippen LogP contribution in [-0.4, -0.2) is 121 Å². The van der Waals surface area contributed by atoms with Gasteiger partial charge in [-0.3, -0.25) is 9.59 Å². The number of aryl methyl sites for hydroxylation is 2. The molecule has 0 aliphatic carbocycles. The predicted octanol–water partition coefficient (Wildman–Crippen LogP) is 5.35. The molecule has 2 aliphatic heterocycles. The molecule has 55 heavy (non-hydrogen) atoms. The van der Waals surface area contributed by atoms with Gasteiger partial charge in [-0.05, 0) is 80.0 Å². The fourth-order valence-electron chi connectivity index (χ4n) is 7.34. The van der Waals surface area contributed by atoms with E-state index >= 15 is 0 Å². The van der Waals surface area contributed by atoms with Crippen LogP contribution in [-0.2, 0) is 31.9 Å². The van der Waals surface area contributed by atoms with Crippen LogP contribution < -0.4 is 10.2 Å². The minimum Gasteiger partial charge on any atom is -0.507 e. The number of carbonyl (C=O) groups excluding carboxylic acids is 4. The Morgan fingerprint density at radius 3 is 2.33 bits per heavy atom. The smallest absolute Gasteiger partial charge is 0.410 e. The summed E-state index contributed by atoms with van der Waals surface area (Å²) in [5.74, 6) is 0.227. The van der Waals surface area contributed by atoms with Gasteiger partial charge in [0, 0.05) is 77.2 Å². The predicted molar refractivity (Wildman–Crippen MR) is 211 cm³/mol. The maximum absolute atomic E-state index is 14.1. The van der Waals surface area contributed by atoms with E-state index in [0.29, 0.717) is 94.2 Å². The Hall–Kier alpha value is -5.33. The van der Waals surface area contributed by atoms with E-state index in [1.807, 2.05) is 42.3 Å². The van der Waals surface area contributed by atoms with E-state index in [-0.39, 0.29) is 30.1 Å². The van der Waals surface area contributed by atoms with Gasteiger partial charge in [0.2, 0.25) is 6.41 Å². The summed E-state index contributed by atoms with van der Waals surface area (Å²) < 4.78 is 11.4. The number of rotatable bonds is 16. The third-order valence-corrected chi connectivity index (χ3v) is 10.6. The van der Waals surface area contributed by atoms with Crippen molar-refractivity contribution in [1.29, 1.82) is 0 Å². The first-order chi connectivity index (χ1) is 26.6. The molecule has 1 aromatic heterocycles. The van der Waals surface area contributed by atoms with E-state index in [2.05, 4.69) is 28.2 Å². The first-order valence-electron chi connectivity index (χ1n) is 19.5. The number of aromatic nitrogens is 1. The van der Waals surface area contributed by atoms with Crippen LogP contribution in [0.15, 0.2) is 54.7 Å². The van der Waals surface area contributed by atoms with E-state index < -0.39 is 12.2 Å². The number of para-hydroxylation sites is 1. The van der Waals surface area contributed by atoms with Crippen molar-refractivity contribution < 1.29 is 33.8 Å². The van der Waals surface area contributed by atoms with Crippen LogP contribution >= 0.6 is 0 Å². The number of ether oxygens (including phenoxy) is 2. The number of esters is 1. The largest absolute Gasteiger partial charge is 0.507 e. The molecule has 0 bridgehead atoms. The Morgan fingerprint density at radius 2 is 1.69 bits per heavy atom. The van der Waals surface area contributed by atoms with E-state index in [0.717, 1.165) is 42.5 Å². The highest BCUT2D eigenvalue weighted by Crippen LogP contribution is 2.26. The van der Waals surface area contributed by atoms with Crippen molar-refractivity contribution in [3.63, 3.8) is 0 Å². The molecule has 0 unspecified atom stereocenters. The monoisotopic (exact) mass is 756 g/mol. The Bertz CT molecular complexity index is 1730. The minimum absolute atomic E-state index is 0.00460. The first-order valence-corrected chi connectivity index (χ1v) is 19.5. The van der Waals surface area contributed by atoms with Crippen LogP contribution in [0, 0.1) is 13.8 Å². The van der Waals surface area contributed by atoms with Crippen molar-refractivity contribution in [3.05, 3.63) is 82.5 Å². The lowest BCUT2D eigenvalue weighted by atomic mass is 10.0. The molecule has 0 saturated carbocycles. The molecule has 3 aromatic rings. The van der Waals surface area contributed by atoms with Gasteiger partial charge >= 0.3 is 12.1 Å². The number of pyridine rings is 1. The highest BCUT2D eigenvalue weighted by Gasteiger charge is 2.34. The summed E-state index contributed by atoms with van der Waals surface area (Å²) in [6, 6.07) is 15.2. The van der Waals surface area contributed by atoms with Crippen LogP contribution in [0.4, 0.5) is 16.3 Å². The number of phenols is 1. The highest BCUT2D eigenvalue weighted by molar-refractivity contribution is 5.89. The molecule has 5 rings (SSSR count). The Kier molecular flexibility index (Phi) is 14.7. The summed E-state index contributed by atoms with van der Waals surface area (Å²) in [4.78, 5) is 64.0. The van der Waals surface area contributed by atoms with Gasteiger partial charge in [0.25, 0.3) is 5.91 Å². The highest BCUT2D eigenvalue weighted by atomic mass is 16.6. The number of carbonyl (C=O) groups is 4. The summed E-state index contributed by atoms with van der Waals surface area (Å²) in [6.07, 6.45) is 5.76. The van der Waals surface area contributed by atoms with E-state index in [9.17, 15) is 24.3 Å². The maximum Gasteiger partial charge on any atom is 0.410 e. The quantitative estimate of drug-likeness (QED) is 0.111. The summed E-state index contributed by atoms with van der Waals surface area (Å²) in [7, 11) is 1.88. The van der Waals surface area contributed by atoms with E-state index in [4.69, 9.17) is 9.47 Å². The number of amides is 3. The molecule has 1 atom stereocenters. The third-order valence-electron chi connectivity index (χ3n) is 10.6. The topological polar surface area (TPSA) is 145 Å². The summed E-state index contributed by atoms with van der Waals surface area (Å²) in [5, 5.41) is 13.6. The van der Waals surface area contributed by atoms with E-state index in [1.54, 1.807) is 35.8 Å². The standard InChI is InChI=1S/C42H56N6O7/c1-5-6-9-24-54-41(52)34-12-13-38(44-28-34)45-20-22-46(23-21-45)40(51)37(27-32-25-30(2)39(50)31(3)26-32)55-42(53)47-18-15-35(16-19-47)48(29-49)17-14-33-10-7-8-11-36(33)43-4/h7-8,10-13,25-26,28-29,35,37,43,50H,5-6,9,14-24,27H2,1-4H3/t37-/m1/s1. The van der Waals surface area contributed by atoms with Gasteiger partial charge in [0.1, 0.15) is 11.6 Å². The zero-order valence-corrected chi connectivity index (χ0v) is 32.7. The van der Waals surface area contributed by atoms with Crippen LogP contribution in [0.3, 0.4) is 0 Å². The molecule has 2 saturated heterocycles. The molecule has 2 aliphatic rings. The molecule has 2 fully saturated rings. The fraction of sp³-hybridized carbons (Fsp3) is 0.500. The molecule has 13 heteroatoms. The number of hydrogen-bond donors (Lipinski definition) is 2. The van der Waals surface area contributed by atoms with Crippen molar-refractivity contribution in [3.8, 4) is 5.75 Å². The molecular formula is C42H56N6O7. The van der Waals surface area contributed by atoms with Crippen molar-refractivity contribution in [2.75, 3.05) is 69.7 Å². The molecule has 3 heterocycles. The lowest BCUT2D eigenvalue weighted by molar-refractivity contribution is -0.141. The van der Waals surface area contributed by atoms with Crippen LogP contribution in [0.1, 0.15) is 71.6 Å². The maximum atomic E-state index is 14.1. The molecular weight excluding hydrogens is 700 g/mol. The number of benzene rings is 2. The van der Waals surface area contributed by atoms with Crippen molar-refractivity contribution in [2.24, 2.45) is 0 Å².